The minimum absolute atomic E-state index is 0.125. The molecule has 0 unspecified atom stereocenters. The molecule has 1 aliphatic rings. The minimum atomic E-state index is -3.71. The summed E-state index contributed by atoms with van der Waals surface area (Å²) in [5, 5.41) is 0.175. The predicted octanol–water partition coefficient (Wildman–Crippen LogP) is 4.45. The Morgan fingerprint density at radius 3 is 2.42 bits per heavy atom. The van der Waals surface area contributed by atoms with Crippen LogP contribution in [0.25, 0.3) is 0 Å². The van der Waals surface area contributed by atoms with Gasteiger partial charge in [-0.25, -0.2) is 8.42 Å². The minimum Gasteiger partial charge on any atom is -0.493 e. The van der Waals surface area contributed by atoms with Gasteiger partial charge in [-0.05, 0) is 35.9 Å². The SMILES string of the molecule is COc1ccc([C@H]2SCCN2S(=O)(=O)c2ccc(Cl)c(Cl)c2)cc1OC. The molecule has 1 heterocycles. The van der Waals surface area contributed by atoms with Gasteiger partial charge in [-0.3, -0.25) is 0 Å². The maximum atomic E-state index is 13.1. The van der Waals surface area contributed by atoms with Crippen LogP contribution < -0.4 is 9.47 Å². The van der Waals surface area contributed by atoms with Crippen molar-refractivity contribution in [3.8, 4) is 11.5 Å². The second-order valence-electron chi connectivity index (χ2n) is 5.53. The normalized spacial score (nSPS) is 18.1. The third-order valence-corrected chi connectivity index (χ3v) is 8.03. The number of sulfonamides is 1. The van der Waals surface area contributed by atoms with E-state index in [1.165, 1.54) is 22.5 Å². The zero-order valence-electron chi connectivity index (χ0n) is 14.1. The van der Waals surface area contributed by atoms with Crippen molar-refractivity contribution in [1.29, 1.82) is 0 Å². The van der Waals surface area contributed by atoms with E-state index >= 15 is 0 Å². The number of hydrogen-bond donors (Lipinski definition) is 0. The lowest BCUT2D eigenvalue weighted by Crippen LogP contribution is -2.30. The van der Waals surface area contributed by atoms with E-state index in [9.17, 15) is 8.42 Å². The van der Waals surface area contributed by atoms with Crippen LogP contribution >= 0.6 is 35.0 Å². The highest BCUT2D eigenvalue weighted by atomic mass is 35.5. The first kappa shape index (κ1) is 19.6. The van der Waals surface area contributed by atoms with Crippen molar-refractivity contribution < 1.29 is 17.9 Å². The number of rotatable bonds is 5. The number of benzene rings is 2. The van der Waals surface area contributed by atoms with Crippen molar-refractivity contribution in [2.75, 3.05) is 26.5 Å². The molecule has 9 heteroatoms. The Bertz CT molecular complexity index is 921. The van der Waals surface area contributed by atoms with Gasteiger partial charge in [0, 0.05) is 12.3 Å². The molecule has 5 nitrogen and oxygen atoms in total. The van der Waals surface area contributed by atoms with Crippen molar-refractivity contribution in [1.82, 2.24) is 4.31 Å². The molecular weight excluding hydrogens is 417 g/mol. The Morgan fingerprint density at radius 1 is 1.04 bits per heavy atom. The molecule has 3 rings (SSSR count). The van der Waals surface area contributed by atoms with E-state index in [1.54, 1.807) is 38.1 Å². The smallest absolute Gasteiger partial charge is 0.244 e. The zero-order valence-corrected chi connectivity index (χ0v) is 17.3. The molecule has 0 saturated carbocycles. The van der Waals surface area contributed by atoms with Crippen LogP contribution in [0.5, 0.6) is 11.5 Å². The van der Waals surface area contributed by atoms with E-state index in [-0.39, 0.29) is 15.3 Å². The van der Waals surface area contributed by atoms with E-state index in [0.717, 1.165) is 5.56 Å². The molecule has 0 N–H and O–H groups in total. The van der Waals surface area contributed by atoms with Crippen molar-refractivity contribution in [2.24, 2.45) is 0 Å². The topological polar surface area (TPSA) is 55.8 Å². The van der Waals surface area contributed by atoms with Crippen molar-refractivity contribution >= 4 is 45.0 Å². The molecule has 1 atom stereocenters. The molecule has 140 valence electrons. The number of thioether (sulfide) groups is 1. The van der Waals surface area contributed by atoms with E-state index < -0.39 is 10.0 Å². The molecule has 0 radical (unpaired) electrons. The first-order chi connectivity index (χ1) is 12.4. The third-order valence-electron chi connectivity index (χ3n) is 4.04. The summed E-state index contributed by atoms with van der Waals surface area (Å²) in [7, 11) is -0.606. The van der Waals surface area contributed by atoms with Crippen LogP contribution in [-0.4, -0.2) is 39.2 Å². The summed E-state index contributed by atoms with van der Waals surface area (Å²) in [4.78, 5) is 0.125. The number of ether oxygens (including phenoxy) is 2. The van der Waals surface area contributed by atoms with Gasteiger partial charge in [-0.1, -0.05) is 29.3 Å². The quantitative estimate of drug-likeness (QED) is 0.696. The molecular formula is C17H17Cl2NO4S2. The van der Waals surface area contributed by atoms with Gasteiger partial charge < -0.3 is 9.47 Å². The summed E-state index contributed by atoms with van der Waals surface area (Å²) in [5.74, 6) is 1.85. The van der Waals surface area contributed by atoms with Crippen molar-refractivity contribution in [3.63, 3.8) is 0 Å². The predicted molar refractivity (Wildman–Crippen MR) is 105 cm³/mol. The molecule has 0 bridgehead atoms. The lowest BCUT2D eigenvalue weighted by atomic mass is 10.2. The Hall–Kier alpha value is -1.12. The lowest BCUT2D eigenvalue weighted by Gasteiger charge is -2.24. The van der Waals surface area contributed by atoms with E-state index in [2.05, 4.69) is 0 Å². The van der Waals surface area contributed by atoms with E-state index in [0.29, 0.717) is 28.8 Å². The van der Waals surface area contributed by atoms with Gasteiger partial charge in [0.1, 0.15) is 0 Å². The Labute approximate surface area is 167 Å². The van der Waals surface area contributed by atoms with Gasteiger partial charge in [0.15, 0.2) is 11.5 Å². The van der Waals surface area contributed by atoms with Crippen molar-refractivity contribution in [2.45, 2.75) is 10.3 Å². The van der Waals surface area contributed by atoms with Crippen LogP contribution in [0, 0.1) is 0 Å². The fourth-order valence-corrected chi connectivity index (χ4v) is 6.36. The zero-order chi connectivity index (χ0) is 18.9. The number of methoxy groups -OCH3 is 2. The maximum Gasteiger partial charge on any atom is 0.244 e. The fraction of sp³-hybridized carbons (Fsp3) is 0.294. The lowest BCUT2D eigenvalue weighted by molar-refractivity contribution is 0.353. The van der Waals surface area contributed by atoms with Crippen LogP contribution in [0.2, 0.25) is 10.0 Å². The molecule has 0 aromatic heterocycles. The second kappa shape index (κ2) is 7.86. The van der Waals surface area contributed by atoms with Gasteiger partial charge in [0.2, 0.25) is 10.0 Å². The van der Waals surface area contributed by atoms with Crippen LogP contribution in [-0.2, 0) is 10.0 Å². The van der Waals surface area contributed by atoms with Crippen LogP contribution in [0.4, 0.5) is 0 Å². The van der Waals surface area contributed by atoms with Gasteiger partial charge in [-0.15, -0.1) is 11.8 Å². The van der Waals surface area contributed by atoms with Gasteiger partial charge >= 0.3 is 0 Å². The van der Waals surface area contributed by atoms with Gasteiger partial charge in [-0.2, -0.15) is 4.31 Å². The molecule has 0 aliphatic carbocycles. The summed E-state index contributed by atoms with van der Waals surface area (Å²) < 4.78 is 38.3. The standard InChI is InChI=1S/C17H17Cl2NO4S2/c1-23-15-6-3-11(9-16(15)24-2)17-20(7-8-25-17)26(21,22)12-4-5-13(18)14(19)10-12/h3-6,9-10,17H,7-8H2,1-2H3/t17-/m1/s1. The Kier molecular flexibility index (Phi) is 5.94. The number of halogens is 2. The molecule has 2 aromatic carbocycles. The molecule has 1 fully saturated rings. The summed E-state index contributed by atoms with van der Waals surface area (Å²) in [6.07, 6.45) is 0. The molecule has 1 saturated heterocycles. The monoisotopic (exact) mass is 433 g/mol. The number of hydrogen-bond acceptors (Lipinski definition) is 5. The highest BCUT2D eigenvalue weighted by Crippen LogP contribution is 2.44. The molecule has 0 spiro atoms. The van der Waals surface area contributed by atoms with Gasteiger partial charge in [0.05, 0.1) is 34.5 Å². The first-order valence-electron chi connectivity index (χ1n) is 7.69. The van der Waals surface area contributed by atoms with Crippen LogP contribution in [0.3, 0.4) is 0 Å². The average Bonchev–Trinajstić information content (AvgIpc) is 3.14. The molecule has 2 aromatic rings. The van der Waals surface area contributed by atoms with Crippen molar-refractivity contribution in [3.05, 3.63) is 52.0 Å². The summed E-state index contributed by atoms with van der Waals surface area (Å²) >= 11 is 13.5. The Morgan fingerprint density at radius 2 is 1.77 bits per heavy atom. The van der Waals surface area contributed by atoms with E-state index in [1.807, 2.05) is 6.07 Å². The average molecular weight is 434 g/mol. The van der Waals surface area contributed by atoms with Gasteiger partial charge in [0.25, 0.3) is 0 Å². The fourth-order valence-electron chi connectivity index (χ4n) is 2.74. The largest absolute Gasteiger partial charge is 0.493 e. The third kappa shape index (κ3) is 3.64. The van der Waals surface area contributed by atoms with E-state index in [4.69, 9.17) is 32.7 Å². The van der Waals surface area contributed by atoms with Crippen LogP contribution in [0.1, 0.15) is 10.9 Å². The highest BCUT2D eigenvalue weighted by Gasteiger charge is 2.37. The first-order valence-corrected chi connectivity index (χ1v) is 10.9. The second-order valence-corrected chi connectivity index (χ2v) is 9.42. The highest BCUT2D eigenvalue weighted by molar-refractivity contribution is 8.01. The van der Waals surface area contributed by atoms with Crippen LogP contribution in [0.15, 0.2) is 41.3 Å². The maximum absolute atomic E-state index is 13.1. The molecule has 0 amide bonds. The summed E-state index contributed by atoms with van der Waals surface area (Å²) in [6, 6.07) is 9.77. The molecule has 26 heavy (non-hydrogen) atoms. The summed E-state index contributed by atoms with van der Waals surface area (Å²) in [6.45, 7) is 0.409. The summed E-state index contributed by atoms with van der Waals surface area (Å²) in [5.41, 5.74) is 0.828. The Balaban J connectivity index is 1.98. The molecule has 1 aliphatic heterocycles. The number of nitrogens with zero attached hydrogens (tertiary/aromatic N) is 1.